The van der Waals surface area contributed by atoms with Crippen LogP contribution < -0.4 is 10.1 Å². The maximum absolute atomic E-state index is 12.5. The van der Waals surface area contributed by atoms with Crippen molar-refractivity contribution in [3.05, 3.63) is 30.0 Å². The molecule has 0 saturated heterocycles. The summed E-state index contributed by atoms with van der Waals surface area (Å²) in [5.41, 5.74) is -0.160. The molecule has 0 spiro atoms. The standard InChI is InChI=1S/C20H24F3N3O3/c1-19(2,28)14-4-6-15(7-5-14)25-18(27)13-9-12-3-8-16(26-17(12)24-10-13)29-11-20(21,22)23/h3,8-10,14-15,28H,4-7,11H2,1-2H3,(H,25,27). The summed E-state index contributed by atoms with van der Waals surface area (Å²) in [5, 5.41) is 13.6. The van der Waals surface area contributed by atoms with Crippen molar-refractivity contribution in [3.63, 3.8) is 0 Å². The Hall–Kier alpha value is -2.42. The van der Waals surface area contributed by atoms with Crippen LogP contribution in [-0.4, -0.2) is 45.4 Å². The number of pyridine rings is 2. The zero-order valence-electron chi connectivity index (χ0n) is 16.3. The highest BCUT2D eigenvalue weighted by Gasteiger charge is 2.32. The van der Waals surface area contributed by atoms with Crippen molar-refractivity contribution in [2.75, 3.05) is 6.61 Å². The number of fused-ring (bicyclic) bond motifs is 1. The minimum absolute atomic E-state index is 0.0352. The Morgan fingerprint density at radius 1 is 1.24 bits per heavy atom. The number of ether oxygens (including phenoxy) is 1. The molecule has 29 heavy (non-hydrogen) atoms. The lowest BCUT2D eigenvalue weighted by atomic mass is 9.77. The molecule has 2 heterocycles. The summed E-state index contributed by atoms with van der Waals surface area (Å²) in [6, 6.07) is 4.47. The molecule has 0 aliphatic heterocycles. The van der Waals surface area contributed by atoms with Crippen LogP contribution in [0.15, 0.2) is 24.4 Å². The molecular formula is C20H24F3N3O3. The van der Waals surface area contributed by atoms with E-state index < -0.39 is 18.4 Å². The van der Waals surface area contributed by atoms with Crippen LogP contribution in [0.4, 0.5) is 13.2 Å². The minimum atomic E-state index is -4.45. The van der Waals surface area contributed by atoms with E-state index in [-0.39, 0.29) is 29.4 Å². The SMILES string of the molecule is CC(C)(O)C1CCC(NC(=O)c2cnc3nc(OCC(F)(F)F)ccc3c2)CC1. The lowest BCUT2D eigenvalue weighted by Crippen LogP contribution is -2.41. The van der Waals surface area contributed by atoms with Crippen LogP contribution in [0, 0.1) is 5.92 Å². The van der Waals surface area contributed by atoms with Crippen LogP contribution >= 0.6 is 0 Å². The Balaban J connectivity index is 1.62. The Kier molecular flexibility index (Phi) is 5.97. The van der Waals surface area contributed by atoms with Gasteiger partial charge in [-0.15, -0.1) is 0 Å². The zero-order valence-corrected chi connectivity index (χ0v) is 16.3. The van der Waals surface area contributed by atoms with E-state index in [9.17, 15) is 23.1 Å². The predicted molar refractivity (Wildman–Crippen MR) is 101 cm³/mol. The quantitative estimate of drug-likeness (QED) is 0.785. The van der Waals surface area contributed by atoms with Gasteiger partial charge in [0.1, 0.15) is 0 Å². The van der Waals surface area contributed by atoms with E-state index in [2.05, 4.69) is 20.0 Å². The number of rotatable bonds is 5. The van der Waals surface area contributed by atoms with E-state index in [1.807, 2.05) is 13.8 Å². The fourth-order valence-corrected chi connectivity index (χ4v) is 3.57. The smallest absolute Gasteiger partial charge is 0.422 e. The molecule has 1 aliphatic carbocycles. The number of carbonyl (C=O) groups excluding carboxylic acids is 1. The molecule has 2 N–H and O–H groups in total. The summed E-state index contributed by atoms with van der Waals surface area (Å²) in [6.07, 6.45) is 0.175. The molecule has 0 radical (unpaired) electrons. The number of hydrogen-bond acceptors (Lipinski definition) is 5. The summed E-state index contributed by atoms with van der Waals surface area (Å²) >= 11 is 0. The van der Waals surface area contributed by atoms with Crippen LogP contribution in [0.1, 0.15) is 49.9 Å². The summed E-state index contributed by atoms with van der Waals surface area (Å²) < 4.78 is 41.3. The van der Waals surface area contributed by atoms with Crippen LogP contribution in [0.25, 0.3) is 11.0 Å². The van der Waals surface area contributed by atoms with E-state index in [1.54, 1.807) is 6.07 Å². The molecule has 1 aliphatic rings. The average molecular weight is 411 g/mol. The van der Waals surface area contributed by atoms with Gasteiger partial charge >= 0.3 is 6.18 Å². The van der Waals surface area contributed by atoms with Gasteiger partial charge in [-0.1, -0.05) is 0 Å². The molecule has 9 heteroatoms. The number of halogens is 3. The third kappa shape index (κ3) is 5.79. The number of hydrogen-bond donors (Lipinski definition) is 2. The normalized spacial score (nSPS) is 20.5. The monoisotopic (exact) mass is 411 g/mol. The van der Waals surface area contributed by atoms with E-state index in [4.69, 9.17) is 0 Å². The largest absolute Gasteiger partial charge is 0.468 e. The number of amides is 1. The number of carbonyl (C=O) groups is 1. The summed E-state index contributed by atoms with van der Waals surface area (Å²) in [6.45, 7) is 2.19. The molecule has 6 nitrogen and oxygen atoms in total. The van der Waals surface area contributed by atoms with Crippen LogP contribution in [0.5, 0.6) is 5.88 Å². The summed E-state index contributed by atoms with van der Waals surface area (Å²) in [4.78, 5) is 20.6. The average Bonchev–Trinajstić information content (AvgIpc) is 2.65. The van der Waals surface area contributed by atoms with Gasteiger partial charge in [-0.25, -0.2) is 4.98 Å². The van der Waals surface area contributed by atoms with Gasteiger partial charge < -0.3 is 15.2 Å². The van der Waals surface area contributed by atoms with Crippen molar-refractivity contribution in [3.8, 4) is 5.88 Å². The van der Waals surface area contributed by atoms with Gasteiger partial charge in [0.05, 0.1) is 11.2 Å². The highest BCUT2D eigenvalue weighted by atomic mass is 19.4. The van der Waals surface area contributed by atoms with Crippen molar-refractivity contribution in [2.24, 2.45) is 5.92 Å². The first-order valence-corrected chi connectivity index (χ1v) is 9.51. The molecule has 0 unspecified atom stereocenters. The van der Waals surface area contributed by atoms with Gasteiger partial charge in [-0.05, 0) is 57.6 Å². The van der Waals surface area contributed by atoms with E-state index >= 15 is 0 Å². The Morgan fingerprint density at radius 2 is 1.93 bits per heavy atom. The molecule has 1 fully saturated rings. The number of nitrogens with zero attached hydrogens (tertiary/aromatic N) is 2. The van der Waals surface area contributed by atoms with Crippen molar-refractivity contribution >= 4 is 16.9 Å². The lowest BCUT2D eigenvalue weighted by molar-refractivity contribution is -0.154. The van der Waals surface area contributed by atoms with Gasteiger partial charge in [-0.2, -0.15) is 18.2 Å². The van der Waals surface area contributed by atoms with Gasteiger partial charge in [0, 0.05) is 23.7 Å². The maximum atomic E-state index is 12.5. The van der Waals surface area contributed by atoms with Gasteiger partial charge in [-0.3, -0.25) is 4.79 Å². The maximum Gasteiger partial charge on any atom is 0.422 e. The lowest BCUT2D eigenvalue weighted by Gasteiger charge is -2.36. The first-order valence-electron chi connectivity index (χ1n) is 9.51. The van der Waals surface area contributed by atoms with Gasteiger partial charge in [0.25, 0.3) is 5.91 Å². The second kappa shape index (κ2) is 8.14. The van der Waals surface area contributed by atoms with Crippen LogP contribution in [-0.2, 0) is 0 Å². The second-order valence-electron chi connectivity index (χ2n) is 8.00. The highest BCUT2D eigenvalue weighted by molar-refractivity contribution is 5.97. The van der Waals surface area contributed by atoms with Crippen molar-refractivity contribution < 1.29 is 27.8 Å². The van der Waals surface area contributed by atoms with Crippen molar-refractivity contribution in [1.29, 1.82) is 0 Å². The number of nitrogens with one attached hydrogen (secondary N) is 1. The minimum Gasteiger partial charge on any atom is -0.468 e. The first kappa shape index (κ1) is 21.3. The molecule has 158 valence electrons. The molecule has 2 aromatic rings. The highest BCUT2D eigenvalue weighted by Crippen LogP contribution is 2.32. The predicted octanol–water partition coefficient (Wildman–Crippen LogP) is 3.63. The van der Waals surface area contributed by atoms with Crippen molar-refractivity contribution in [2.45, 2.75) is 57.3 Å². The Bertz CT molecular complexity index is 873. The molecule has 0 bridgehead atoms. The van der Waals surface area contributed by atoms with Crippen molar-refractivity contribution in [1.82, 2.24) is 15.3 Å². The molecule has 0 aromatic carbocycles. The Morgan fingerprint density at radius 3 is 2.55 bits per heavy atom. The molecule has 0 atom stereocenters. The van der Waals surface area contributed by atoms with E-state index in [0.29, 0.717) is 10.9 Å². The molecule has 1 amide bonds. The topological polar surface area (TPSA) is 84.3 Å². The fourth-order valence-electron chi connectivity index (χ4n) is 3.57. The number of alkyl halides is 3. The summed E-state index contributed by atoms with van der Waals surface area (Å²) in [5.74, 6) is -0.218. The zero-order chi connectivity index (χ0) is 21.2. The summed E-state index contributed by atoms with van der Waals surface area (Å²) in [7, 11) is 0. The number of aliphatic hydroxyl groups is 1. The molecular weight excluding hydrogens is 387 g/mol. The third-order valence-electron chi connectivity index (χ3n) is 5.22. The number of aromatic nitrogens is 2. The second-order valence-corrected chi connectivity index (χ2v) is 8.00. The van der Waals surface area contributed by atoms with Gasteiger partial charge in [0.15, 0.2) is 12.3 Å². The Labute approximate surface area is 166 Å². The fraction of sp³-hybridized carbons (Fsp3) is 0.550. The third-order valence-corrected chi connectivity index (χ3v) is 5.22. The van der Waals surface area contributed by atoms with E-state index in [1.165, 1.54) is 18.3 Å². The van der Waals surface area contributed by atoms with E-state index in [0.717, 1.165) is 25.7 Å². The van der Waals surface area contributed by atoms with Gasteiger partial charge in [0.2, 0.25) is 5.88 Å². The molecule has 2 aromatic heterocycles. The molecule has 1 saturated carbocycles. The van der Waals surface area contributed by atoms with Crippen LogP contribution in [0.2, 0.25) is 0 Å². The van der Waals surface area contributed by atoms with Crippen LogP contribution in [0.3, 0.4) is 0 Å². The first-order chi connectivity index (χ1) is 13.5. The molecule has 3 rings (SSSR count).